The number of hydrogen-bond donors (Lipinski definition) is 0. The van der Waals surface area contributed by atoms with Gasteiger partial charge in [0.15, 0.2) is 11.6 Å². The molecule has 2 aromatic carbocycles. The number of aryl methyl sites for hydroxylation is 1. The van der Waals surface area contributed by atoms with E-state index < -0.39 is 11.6 Å². The predicted molar refractivity (Wildman–Crippen MR) is 109 cm³/mol. The number of halogens is 2. The first kappa shape index (κ1) is 17.8. The van der Waals surface area contributed by atoms with Crippen molar-refractivity contribution in [3.63, 3.8) is 0 Å². The number of Topliss-reactive ketones (excluding diaryl/α,β-unsaturated/α-hetero) is 2. The van der Waals surface area contributed by atoms with E-state index >= 15 is 0 Å². The number of oxazole rings is 1. The number of aromatic nitrogens is 3. The van der Waals surface area contributed by atoms with Gasteiger partial charge in [-0.2, -0.15) is 9.97 Å². The predicted octanol–water partition coefficient (Wildman–Crippen LogP) is 5.00. The third-order valence-electron chi connectivity index (χ3n) is 4.80. The van der Waals surface area contributed by atoms with Crippen molar-refractivity contribution in [2.45, 2.75) is 0 Å². The molecule has 4 aromatic rings. The smallest absolute Gasteiger partial charge is 0.267 e. The van der Waals surface area contributed by atoms with Crippen molar-refractivity contribution in [3.05, 3.63) is 75.1 Å². The van der Waals surface area contributed by atoms with Crippen LogP contribution < -0.4 is 0 Å². The Morgan fingerprint density at radius 2 is 1.55 bits per heavy atom. The largest absolute Gasteiger partial charge is 0.417 e. The molecule has 5 rings (SSSR count). The van der Waals surface area contributed by atoms with Crippen molar-refractivity contribution < 1.29 is 14.0 Å². The van der Waals surface area contributed by atoms with Gasteiger partial charge in [-0.1, -0.05) is 53.5 Å². The molecule has 0 unspecified atom stereocenters. The molecular weight excluding hydrogens is 413 g/mol. The molecule has 1 aliphatic rings. The first-order valence-electron chi connectivity index (χ1n) is 8.63. The van der Waals surface area contributed by atoms with E-state index in [-0.39, 0.29) is 32.6 Å². The molecule has 1 aliphatic carbocycles. The normalized spacial score (nSPS) is 13.4. The molecule has 0 saturated carbocycles. The average Bonchev–Trinajstić information content (AvgIpc) is 3.33. The van der Waals surface area contributed by atoms with Crippen molar-refractivity contribution in [3.8, 4) is 11.4 Å². The minimum Gasteiger partial charge on any atom is -0.417 e. The zero-order valence-electron chi connectivity index (χ0n) is 14.9. The Hall–Kier alpha value is -3.22. The van der Waals surface area contributed by atoms with Crippen LogP contribution in [0, 0.1) is 0 Å². The zero-order chi connectivity index (χ0) is 20.3. The number of benzene rings is 2. The van der Waals surface area contributed by atoms with Gasteiger partial charge >= 0.3 is 0 Å². The second kappa shape index (κ2) is 6.40. The first-order valence-corrected chi connectivity index (χ1v) is 9.39. The summed E-state index contributed by atoms with van der Waals surface area (Å²) in [6.07, 6.45) is 1.31. The molecule has 0 N–H and O–H groups in total. The lowest BCUT2D eigenvalue weighted by Gasteiger charge is -2.00. The fraction of sp³-hybridized carbons (Fsp3) is 0.0476. The number of nitrogens with zero attached hydrogens (tertiary/aromatic N) is 3. The molecule has 0 saturated heterocycles. The van der Waals surface area contributed by atoms with Crippen LogP contribution in [0.1, 0.15) is 26.6 Å². The fourth-order valence-corrected chi connectivity index (χ4v) is 3.90. The van der Waals surface area contributed by atoms with Crippen molar-refractivity contribution >= 4 is 52.2 Å². The third-order valence-corrected chi connectivity index (χ3v) is 5.43. The minimum absolute atomic E-state index is 0.0927. The third kappa shape index (κ3) is 2.64. The van der Waals surface area contributed by atoms with Crippen molar-refractivity contribution in [1.82, 2.24) is 14.5 Å². The Kier molecular flexibility index (Phi) is 3.94. The summed E-state index contributed by atoms with van der Waals surface area (Å²) in [7, 11) is 1.82. The SMILES string of the molecule is Cn1c(-c2ccccc2)nc2oc(C=C3C(=O)c4c(Cl)ccc(Cl)c4C3=O)nc21. The van der Waals surface area contributed by atoms with Crippen LogP contribution in [0.2, 0.25) is 10.0 Å². The zero-order valence-corrected chi connectivity index (χ0v) is 16.5. The second-order valence-corrected chi connectivity index (χ2v) is 7.35. The van der Waals surface area contributed by atoms with E-state index in [1.807, 2.05) is 37.4 Å². The topological polar surface area (TPSA) is 78.0 Å². The van der Waals surface area contributed by atoms with E-state index in [1.54, 1.807) is 4.57 Å². The highest BCUT2D eigenvalue weighted by molar-refractivity contribution is 6.49. The van der Waals surface area contributed by atoms with Gasteiger partial charge in [0, 0.05) is 18.7 Å². The standard InChI is InChI=1S/C21H11Cl2N3O3/c1-26-19(10-5-3-2-4-6-10)25-21-20(26)24-14(29-21)9-11-17(27)15-12(22)7-8-13(23)16(15)18(11)28/h2-9H,1H3. The number of hydrogen-bond acceptors (Lipinski definition) is 5. The van der Waals surface area contributed by atoms with E-state index in [9.17, 15) is 9.59 Å². The molecular formula is C21H11Cl2N3O3. The van der Waals surface area contributed by atoms with Crippen LogP contribution in [0.3, 0.4) is 0 Å². The molecule has 0 spiro atoms. The summed E-state index contributed by atoms with van der Waals surface area (Å²) in [5.74, 6) is -0.199. The van der Waals surface area contributed by atoms with E-state index in [0.29, 0.717) is 17.2 Å². The minimum atomic E-state index is -0.502. The molecule has 0 aliphatic heterocycles. The highest BCUT2D eigenvalue weighted by Crippen LogP contribution is 2.37. The van der Waals surface area contributed by atoms with Gasteiger partial charge in [0.25, 0.3) is 5.71 Å². The molecule has 0 bridgehead atoms. The number of carbonyl (C=O) groups excluding carboxylic acids is 2. The number of allylic oxidation sites excluding steroid dienone is 1. The van der Waals surface area contributed by atoms with Crippen LogP contribution in [0.4, 0.5) is 0 Å². The Morgan fingerprint density at radius 1 is 0.931 bits per heavy atom. The van der Waals surface area contributed by atoms with E-state index in [4.69, 9.17) is 27.6 Å². The maximum atomic E-state index is 12.7. The molecule has 2 heterocycles. The number of fused-ring (bicyclic) bond motifs is 2. The highest BCUT2D eigenvalue weighted by atomic mass is 35.5. The number of carbonyl (C=O) groups is 2. The van der Waals surface area contributed by atoms with Crippen LogP contribution in [0.15, 0.2) is 52.5 Å². The van der Waals surface area contributed by atoms with Gasteiger partial charge in [-0.25, -0.2) is 0 Å². The quantitative estimate of drug-likeness (QED) is 0.334. The van der Waals surface area contributed by atoms with Gasteiger partial charge in [-0.05, 0) is 12.1 Å². The van der Waals surface area contributed by atoms with E-state index in [2.05, 4.69) is 9.97 Å². The summed E-state index contributed by atoms with van der Waals surface area (Å²) < 4.78 is 7.47. The fourth-order valence-electron chi connectivity index (χ4n) is 3.41. The van der Waals surface area contributed by atoms with Crippen LogP contribution in [0.5, 0.6) is 0 Å². The van der Waals surface area contributed by atoms with Gasteiger partial charge in [0.1, 0.15) is 5.82 Å². The molecule has 0 radical (unpaired) electrons. The summed E-state index contributed by atoms with van der Waals surface area (Å²) in [5, 5.41) is 0.357. The number of rotatable bonds is 2. The Labute approximate surface area is 174 Å². The number of ketones is 2. The summed E-state index contributed by atoms with van der Waals surface area (Å²) in [6.45, 7) is 0. The maximum Gasteiger partial charge on any atom is 0.267 e. The van der Waals surface area contributed by atoms with Gasteiger partial charge in [0.2, 0.25) is 11.5 Å². The molecule has 0 atom stereocenters. The molecule has 0 fully saturated rings. The van der Waals surface area contributed by atoms with Crippen molar-refractivity contribution in [2.75, 3.05) is 0 Å². The summed E-state index contributed by atoms with van der Waals surface area (Å²) >= 11 is 12.2. The maximum absolute atomic E-state index is 12.7. The Balaban J connectivity index is 1.58. The number of imidazole rings is 1. The molecule has 8 heteroatoms. The first-order chi connectivity index (χ1) is 14.0. The molecule has 29 heavy (non-hydrogen) atoms. The van der Waals surface area contributed by atoms with Crippen LogP contribution in [-0.2, 0) is 7.05 Å². The molecule has 2 aromatic heterocycles. The molecule has 6 nitrogen and oxygen atoms in total. The van der Waals surface area contributed by atoms with Gasteiger partial charge in [-0.15, -0.1) is 0 Å². The van der Waals surface area contributed by atoms with E-state index in [0.717, 1.165) is 5.56 Å². The average molecular weight is 424 g/mol. The van der Waals surface area contributed by atoms with Crippen molar-refractivity contribution in [1.29, 1.82) is 0 Å². The second-order valence-electron chi connectivity index (χ2n) is 6.54. The van der Waals surface area contributed by atoms with Gasteiger partial charge in [-0.3, -0.25) is 9.59 Å². The van der Waals surface area contributed by atoms with E-state index in [1.165, 1.54) is 18.2 Å². The lowest BCUT2D eigenvalue weighted by Crippen LogP contribution is -2.00. The Bertz CT molecular complexity index is 1320. The van der Waals surface area contributed by atoms with Crippen LogP contribution in [0.25, 0.3) is 28.8 Å². The van der Waals surface area contributed by atoms with Crippen LogP contribution in [-0.4, -0.2) is 26.1 Å². The monoisotopic (exact) mass is 423 g/mol. The lowest BCUT2D eigenvalue weighted by atomic mass is 10.1. The highest BCUT2D eigenvalue weighted by Gasteiger charge is 2.37. The van der Waals surface area contributed by atoms with Gasteiger partial charge < -0.3 is 8.98 Å². The summed E-state index contributed by atoms with van der Waals surface area (Å²) in [4.78, 5) is 34.3. The molecule has 0 amide bonds. The molecule has 142 valence electrons. The van der Waals surface area contributed by atoms with Gasteiger partial charge in [0.05, 0.1) is 26.7 Å². The summed E-state index contributed by atoms with van der Waals surface area (Å²) in [5.41, 5.74) is 1.85. The Morgan fingerprint density at radius 3 is 2.14 bits per heavy atom. The van der Waals surface area contributed by atoms with Crippen LogP contribution >= 0.6 is 23.2 Å². The lowest BCUT2D eigenvalue weighted by molar-refractivity contribution is 0.0990. The summed E-state index contributed by atoms with van der Waals surface area (Å²) in [6, 6.07) is 12.6. The van der Waals surface area contributed by atoms with Crippen molar-refractivity contribution in [2.24, 2.45) is 7.05 Å².